The van der Waals surface area contributed by atoms with Crippen LogP contribution < -0.4 is 10.2 Å². The highest BCUT2D eigenvalue weighted by atomic mass is 19.1. The zero-order valence-corrected chi connectivity index (χ0v) is 10.4. The highest BCUT2D eigenvalue weighted by Gasteiger charge is 2.17. The van der Waals surface area contributed by atoms with E-state index >= 15 is 0 Å². The lowest BCUT2D eigenvalue weighted by atomic mass is 10.2. The fourth-order valence-corrected chi connectivity index (χ4v) is 2.35. The quantitative estimate of drug-likeness (QED) is 0.836. The number of benzene rings is 2. The summed E-state index contributed by atoms with van der Waals surface area (Å²) >= 11 is 0. The fraction of sp³-hybridized carbons (Fsp3) is 0.200. The zero-order chi connectivity index (χ0) is 13.2. The number of nitrogens with zero attached hydrogens (tertiary/aromatic N) is 1. The Kier molecular flexibility index (Phi) is 3.07. The molecular weight excluding hydrogens is 246 g/mol. The summed E-state index contributed by atoms with van der Waals surface area (Å²) in [6, 6.07) is 11.0. The molecule has 4 heteroatoms. The smallest absolute Gasteiger partial charge is 0.125 e. The van der Waals surface area contributed by atoms with Crippen LogP contribution in [0.5, 0.6) is 0 Å². The van der Waals surface area contributed by atoms with Crippen molar-refractivity contribution in [1.82, 2.24) is 0 Å². The van der Waals surface area contributed by atoms with Crippen LogP contribution >= 0.6 is 0 Å². The summed E-state index contributed by atoms with van der Waals surface area (Å²) in [7, 11) is 0. The third-order valence-corrected chi connectivity index (χ3v) is 3.26. The van der Waals surface area contributed by atoms with E-state index in [0.717, 1.165) is 36.6 Å². The molecule has 0 saturated heterocycles. The fourth-order valence-electron chi connectivity index (χ4n) is 2.35. The molecule has 1 aliphatic rings. The molecule has 19 heavy (non-hydrogen) atoms. The first kappa shape index (κ1) is 12.0. The molecule has 98 valence electrons. The first-order valence-corrected chi connectivity index (χ1v) is 6.30. The van der Waals surface area contributed by atoms with Crippen molar-refractivity contribution in [2.45, 2.75) is 6.42 Å². The normalized spacial score (nSPS) is 14.5. The maximum Gasteiger partial charge on any atom is 0.125 e. The van der Waals surface area contributed by atoms with Gasteiger partial charge >= 0.3 is 0 Å². The molecule has 0 saturated carbocycles. The molecule has 1 N–H and O–H groups in total. The summed E-state index contributed by atoms with van der Waals surface area (Å²) < 4.78 is 26.5. The van der Waals surface area contributed by atoms with E-state index in [1.165, 1.54) is 24.3 Å². The van der Waals surface area contributed by atoms with Crippen LogP contribution in [0.25, 0.3) is 0 Å². The molecule has 0 aromatic heterocycles. The van der Waals surface area contributed by atoms with Crippen molar-refractivity contribution >= 4 is 17.1 Å². The topological polar surface area (TPSA) is 15.3 Å². The van der Waals surface area contributed by atoms with Crippen molar-refractivity contribution in [2.24, 2.45) is 0 Å². The standard InChI is InChI=1S/C15H14F2N2/c16-11-2-5-13(6-3-11)19-9-1-8-18-14-7-4-12(17)10-15(14)19/h2-7,10,18H,1,8-9H2. The predicted molar refractivity (Wildman–Crippen MR) is 72.9 cm³/mol. The Labute approximate surface area is 110 Å². The summed E-state index contributed by atoms with van der Waals surface area (Å²) in [6.45, 7) is 1.62. The summed E-state index contributed by atoms with van der Waals surface area (Å²) in [5, 5.41) is 3.28. The van der Waals surface area contributed by atoms with E-state index in [1.807, 2.05) is 4.90 Å². The minimum atomic E-state index is -0.269. The Morgan fingerprint density at radius 3 is 2.47 bits per heavy atom. The number of hydrogen-bond donors (Lipinski definition) is 1. The van der Waals surface area contributed by atoms with Crippen LogP contribution in [0.15, 0.2) is 42.5 Å². The highest BCUT2D eigenvalue weighted by molar-refractivity contribution is 5.77. The maximum atomic E-state index is 13.5. The van der Waals surface area contributed by atoms with Crippen molar-refractivity contribution in [2.75, 3.05) is 23.3 Å². The number of halogens is 2. The van der Waals surface area contributed by atoms with Crippen molar-refractivity contribution in [3.8, 4) is 0 Å². The molecule has 2 nitrogen and oxygen atoms in total. The average Bonchev–Trinajstić information content (AvgIpc) is 2.62. The molecule has 1 aliphatic heterocycles. The van der Waals surface area contributed by atoms with Crippen molar-refractivity contribution in [3.05, 3.63) is 54.1 Å². The number of fused-ring (bicyclic) bond motifs is 1. The summed E-state index contributed by atoms with van der Waals surface area (Å²) in [6.07, 6.45) is 0.938. The molecule has 0 atom stereocenters. The lowest BCUT2D eigenvalue weighted by Gasteiger charge is -2.24. The Balaban J connectivity index is 2.06. The van der Waals surface area contributed by atoms with Gasteiger partial charge in [-0.05, 0) is 48.9 Å². The van der Waals surface area contributed by atoms with E-state index in [2.05, 4.69) is 5.32 Å². The van der Waals surface area contributed by atoms with Gasteiger partial charge in [0.2, 0.25) is 0 Å². The van der Waals surface area contributed by atoms with Crippen LogP contribution in [0.3, 0.4) is 0 Å². The Morgan fingerprint density at radius 1 is 0.947 bits per heavy atom. The third kappa shape index (κ3) is 2.38. The highest BCUT2D eigenvalue weighted by Crippen LogP contribution is 2.34. The molecule has 0 fully saturated rings. The van der Waals surface area contributed by atoms with Gasteiger partial charge in [-0.3, -0.25) is 0 Å². The van der Waals surface area contributed by atoms with Gasteiger partial charge in [0.05, 0.1) is 11.4 Å². The second-order valence-electron chi connectivity index (χ2n) is 4.57. The minimum Gasteiger partial charge on any atom is -0.383 e. The third-order valence-electron chi connectivity index (χ3n) is 3.26. The predicted octanol–water partition coefficient (Wildman–Crippen LogP) is 3.92. The molecule has 0 spiro atoms. The van der Waals surface area contributed by atoms with Gasteiger partial charge in [0.1, 0.15) is 11.6 Å². The molecule has 1 heterocycles. The summed E-state index contributed by atoms with van der Waals surface area (Å²) in [4.78, 5) is 2.01. The molecule has 0 unspecified atom stereocenters. The summed E-state index contributed by atoms with van der Waals surface area (Å²) in [5.74, 6) is -0.536. The molecule has 0 bridgehead atoms. The van der Waals surface area contributed by atoms with Crippen LogP contribution in [0.2, 0.25) is 0 Å². The Hall–Kier alpha value is -2.10. The average molecular weight is 260 g/mol. The molecule has 0 aliphatic carbocycles. The second kappa shape index (κ2) is 4.88. The monoisotopic (exact) mass is 260 g/mol. The van der Waals surface area contributed by atoms with Gasteiger partial charge in [0.15, 0.2) is 0 Å². The van der Waals surface area contributed by atoms with Gasteiger partial charge in [-0.15, -0.1) is 0 Å². The first-order chi connectivity index (χ1) is 9.24. The SMILES string of the molecule is Fc1ccc(N2CCCNc3ccc(F)cc32)cc1. The van der Waals surface area contributed by atoms with Gasteiger partial charge in [-0.2, -0.15) is 0 Å². The lowest BCUT2D eigenvalue weighted by molar-refractivity contribution is 0.626. The van der Waals surface area contributed by atoms with E-state index in [1.54, 1.807) is 18.2 Å². The Morgan fingerprint density at radius 2 is 1.68 bits per heavy atom. The van der Waals surface area contributed by atoms with Crippen molar-refractivity contribution in [3.63, 3.8) is 0 Å². The van der Waals surface area contributed by atoms with Gasteiger partial charge in [0.25, 0.3) is 0 Å². The maximum absolute atomic E-state index is 13.5. The van der Waals surface area contributed by atoms with E-state index in [0.29, 0.717) is 0 Å². The van der Waals surface area contributed by atoms with Crippen LogP contribution in [-0.2, 0) is 0 Å². The Bertz CT molecular complexity index is 581. The van der Waals surface area contributed by atoms with Crippen LogP contribution in [0.4, 0.5) is 25.8 Å². The first-order valence-electron chi connectivity index (χ1n) is 6.30. The van der Waals surface area contributed by atoms with Crippen molar-refractivity contribution < 1.29 is 8.78 Å². The van der Waals surface area contributed by atoms with Gasteiger partial charge in [-0.1, -0.05) is 0 Å². The molecule has 0 amide bonds. The van der Waals surface area contributed by atoms with E-state index in [9.17, 15) is 8.78 Å². The van der Waals surface area contributed by atoms with Crippen LogP contribution in [0.1, 0.15) is 6.42 Å². The second-order valence-corrected chi connectivity index (χ2v) is 4.57. The molecule has 2 aromatic carbocycles. The number of anilines is 3. The van der Waals surface area contributed by atoms with Crippen LogP contribution in [0, 0.1) is 11.6 Å². The minimum absolute atomic E-state index is 0.267. The number of hydrogen-bond acceptors (Lipinski definition) is 2. The largest absolute Gasteiger partial charge is 0.383 e. The van der Waals surface area contributed by atoms with Gasteiger partial charge in [0, 0.05) is 18.8 Å². The summed E-state index contributed by atoms with van der Waals surface area (Å²) in [5.41, 5.74) is 2.57. The molecule has 0 radical (unpaired) electrons. The van der Waals surface area contributed by atoms with E-state index in [4.69, 9.17) is 0 Å². The van der Waals surface area contributed by atoms with Gasteiger partial charge < -0.3 is 10.2 Å². The number of nitrogens with one attached hydrogen (secondary N) is 1. The lowest BCUT2D eigenvalue weighted by Crippen LogP contribution is -2.17. The molecule has 3 rings (SSSR count). The zero-order valence-electron chi connectivity index (χ0n) is 10.4. The molecule has 2 aromatic rings. The van der Waals surface area contributed by atoms with Crippen molar-refractivity contribution in [1.29, 1.82) is 0 Å². The van der Waals surface area contributed by atoms with E-state index < -0.39 is 0 Å². The number of rotatable bonds is 1. The van der Waals surface area contributed by atoms with E-state index in [-0.39, 0.29) is 11.6 Å². The van der Waals surface area contributed by atoms with Crippen LogP contribution in [-0.4, -0.2) is 13.1 Å². The van der Waals surface area contributed by atoms with Gasteiger partial charge in [-0.25, -0.2) is 8.78 Å². The molecular formula is C15H14F2N2.